The van der Waals surface area contributed by atoms with Gasteiger partial charge in [0.2, 0.25) is 0 Å². The molecule has 1 N–H and O–H groups in total. The minimum atomic E-state index is -0.769. The van der Waals surface area contributed by atoms with Crippen LogP contribution in [0.1, 0.15) is 35.6 Å². The van der Waals surface area contributed by atoms with Crippen molar-refractivity contribution in [3.8, 4) is 0 Å². The largest absolute Gasteiger partial charge is 0.481 e. The van der Waals surface area contributed by atoms with Crippen LogP contribution in [-0.2, 0) is 17.8 Å². The highest BCUT2D eigenvalue weighted by Gasteiger charge is 2.33. The van der Waals surface area contributed by atoms with Crippen LogP contribution >= 0.6 is 11.3 Å². The Morgan fingerprint density at radius 3 is 3.15 bits per heavy atom. The van der Waals surface area contributed by atoms with E-state index in [-0.39, 0.29) is 0 Å². The molecular formula is C14H16N2O3S. The molecule has 0 fully saturated rings. The van der Waals surface area contributed by atoms with Gasteiger partial charge >= 0.3 is 5.97 Å². The van der Waals surface area contributed by atoms with Crippen molar-refractivity contribution < 1.29 is 14.3 Å². The molecule has 6 heteroatoms. The van der Waals surface area contributed by atoms with E-state index in [1.165, 1.54) is 0 Å². The third-order valence-electron chi connectivity index (χ3n) is 3.58. The predicted octanol–water partition coefficient (Wildman–Crippen LogP) is 2.88. The van der Waals surface area contributed by atoms with Gasteiger partial charge in [-0.15, -0.1) is 11.3 Å². The first-order chi connectivity index (χ1) is 9.69. The number of aliphatic carboxylic acids is 1. The minimum absolute atomic E-state index is 0.433. The monoisotopic (exact) mass is 292 g/mol. The lowest BCUT2D eigenvalue weighted by atomic mass is 10.1. The van der Waals surface area contributed by atoms with Gasteiger partial charge in [-0.05, 0) is 31.9 Å². The van der Waals surface area contributed by atoms with Gasteiger partial charge in [0.15, 0.2) is 5.13 Å². The molecule has 0 amide bonds. The SMILES string of the molecule is CCN(Cc1ccco1)c1nc2c(s1)CCC2C(=O)O. The Kier molecular flexibility index (Phi) is 3.48. The number of aromatic nitrogens is 1. The lowest BCUT2D eigenvalue weighted by molar-refractivity contribution is -0.138. The van der Waals surface area contributed by atoms with Crippen molar-refractivity contribution in [2.45, 2.75) is 32.2 Å². The summed E-state index contributed by atoms with van der Waals surface area (Å²) in [5.41, 5.74) is 0.760. The maximum Gasteiger partial charge on any atom is 0.312 e. The van der Waals surface area contributed by atoms with Crippen LogP contribution in [0.25, 0.3) is 0 Å². The van der Waals surface area contributed by atoms with Gasteiger partial charge in [0.25, 0.3) is 0 Å². The molecular weight excluding hydrogens is 276 g/mol. The van der Waals surface area contributed by atoms with Crippen molar-refractivity contribution in [3.05, 3.63) is 34.7 Å². The molecule has 1 atom stereocenters. The van der Waals surface area contributed by atoms with E-state index < -0.39 is 11.9 Å². The van der Waals surface area contributed by atoms with Crippen molar-refractivity contribution in [1.29, 1.82) is 0 Å². The highest BCUT2D eigenvalue weighted by atomic mass is 32.1. The van der Waals surface area contributed by atoms with Gasteiger partial charge in [-0.3, -0.25) is 4.79 Å². The Morgan fingerprint density at radius 1 is 1.65 bits per heavy atom. The van der Waals surface area contributed by atoms with Crippen LogP contribution in [-0.4, -0.2) is 22.6 Å². The van der Waals surface area contributed by atoms with E-state index >= 15 is 0 Å². The van der Waals surface area contributed by atoms with Crippen molar-refractivity contribution in [2.75, 3.05) is 11.4 Å². The van der Waals surface area contributed by atoms with E-state index in [9.17, 15) is 9.90 Å². The van der Waals surface area contributed by atoms with E-state index in [2.05, 4.69) is 16.8 Å². The minimum Gasteiger partial charge on any atom is -0.481 e. The van der Waals surface area contributed by atoms with Crippen LogP contribution in [0.15, 0.2) is 22.8 Å². The van der Waals surface area contributed by atoms with Gasteiger partial charge in [0.05, 0.1) is 18.5 Å². The number of fused-ring (bicyclic) bond motifs is 1. The molecule has 0 saturated heterocycles. The topological polar surface area (TPSA) is 66.6 Å². The van der Waals surface area contributed by atoms with Crippen LogP contribution in [0, 0.1) is 0 Å². The zero-order valence-corrected chi connectivity index (χ0v) is 12.0. The Bertz CT molecular complexity index is 606. The van der Waals surface area contributed by atoms with Crippen molar-refractivity contribution >= 4 is 22.4 Å². The second-order valence-electron chi connectivity index (χ2n) is 4.83. The number of nitrogens with zero attached hydrogens (tertiary/aromatic N) is 2. The lowest BCUT2D eigenvalue weighted by Gasteiger charge is -2.18. The lowest BCUT2D eigenvalue weighted by Crippen LogP contribution is -2.21. The third kappa shape index (κ3) is 2.31. The summed E-state index contributed by atoms with van der Waals surface area (Å²) >= 11 is 1.61. The fraction of sp³-hybridized carbons (Fsp3) is 0.429. The molecule has 106 valence electrons. The molecule has 1 aliphatic carbocycles. The smallest absolute Gasteiger partial charge is 0.312 e. The molecule has 2 heterocycles. The zero-order chi connectivity index (χ0) is 14.1. The number of thiazole rings is 1. The Labute approximate surface area is 120 Å². The van der Waals surface area contributed by atoms with Crippen LogP contribution in [0.3, 0.4) is 0 Å². The summed E-state index contributed by atoms with van der Waals surface area (Å²) in [4.78, 5) is 19.0. The second-order valence-corrected chi connectivity index (χ2v) is 5.89. The van der Waals surface area contributed by atoms with Crippen molar-refractivity contribution in [2.24, 2.45) is 0 Å². The number of hydrogen-bond acceptors (Lipinski definition) is 5. The third-order valence-corrected chi connectivity index (χ3v) is 4.78. The Hall–Kier alpha value is -1.82. The molecule has 3 rings (SSSR count). The molecule has 0 spiro atoms. The Balaban J connectivity index is 1.83. The Morgan fingerprint density at radius 2 is 2.50 bits per heavy atom. The van der Waals surface area contributed by atoms with E-state index in [4.69, 9.17) is 4.42 Å². The normalized spacial score (nSPS) is 17.1. The first-order valence-corrected chi connectivity index (χ1v) is 7.50. The summed E-state index contributed by atoms with van der Waals surface area (Å²) in [5.74, 6) is -0.316. The predicted molar refractivity (Wildman–Crippen MR) is 76.2 cm³/mol. The maximum atomic E-state index is 11.2. The van der Waals surface area contributed by atoms with Crippen molar-refractivity contribution in [3.63, 3.8) is 0 Å². The summed E-state index contributed by atoms with van der Waals surface area (Å²) in [6.07, 6.45) is 3.15. The molecule has 2 aromatic rings. The van der Waals surface area contributed by atoms with E-state index in [1.807, 2.05) is 12.1 Å². The van der Waals surface area contributed by atoms with Crippen molar-refractivity contribution in [1.82, 2.24) is 4.98 Å². The summed E-state index contributed by atoms with van der Waals surface area (Å²) < 4.78 is 5.37. The number of aryl methyl sites for hydroxylation is 1. The van der Waals surface area contributed by atoms with E-state index in [0.717, 1.165) is 34.4 Å². The van der Waals surface area contributed by atoms with Gasteiger partial charge in [0.1, 0.15) is 11.7 Å². The highest BCUT2D eigenvalue weighted by Crippen LogP contribution is 2.39. The average Bonchev–Trinajstić information content (AvgIpc) is 3.11. The van der Waals surface area contributed by atoms with Gasteiger partial charge in [-0.25, -0.2) is 4.98 Å². The standard InChI is InChI=1S/C14H16N2O3S/c1-2-16(8-9-4-3-7-19-9)14-15-12-10(13(17)18)5-6-11(12)20-14/h3-4,7,10H,2,5-6,8H2,1H3,(H,17,18). The number of rotatable bonds is 5. The molecule has 1 unspecified atom stereocenters. The molecule has 20 heavy (non-hydrogen) atoms. The van der Waals surface area contributed by atoms with Crippen LogP contribution in [0.2, 0.25) is 0 Å². The summed E-state index contributed by atoms with van der Waals surface area (Å²) in [7, 11) is 0. The van der Waals surface area contributed by atoms with Crippen LogP contribution in [0.5, 0.6) is 0 Å². The van der Waals surface area contributed by atoms with Gasteiger partial charge < -0.3 is 14.4 Å². The first-order valence-electron chi connectivity index (χ1n) is 6.68. The van der Waals surface area contributed by atoms with Gasteiger partial charge in [-0.2, -0.15) is 0 Å². The summed E-state index contributed by atoms with van der Waals surface area (Å²) in [6.45, 7) is 3.53. The van der Waals surface area contributed by atoms with Gasteiger partial charge in [-0.1, -0.05) is 0 Å². The molecule has 1 aliphatic rings. The van der Waals surface area contributed by atoms with Gasteiger partial charge in [0, 0.05) is 11.4 Å². The molecule has 0 bridgehead atoms. The number of anilines is 1. The highest BCUT2D eigenvalue weighted by molar-refractivity contribution is 7.15. The number of carboxylic acids is 1. The molecule has 0 aromatic carbocycles. The zero-order valence-electron chi connectivity index (χ0n) is 11.2. The van der Waals surface area contributed by atoms with Crippen LogP contribution in [0.4, 0.5) is 5.13 Å². The second kappa shape index (κ2) is 5.28. The molecule has 0 radical (unpaired) electrons. The number of hydrogen-bond donors (Lipinski definition) is 1. The summed E-state index contributed by atoms with van der Waals surface area (Å²) in [6, 6.07) is 3.80. The maximum absolute atomic E-state index is 11.2. The number of furan rings is 1. The fourth-order valence-corrected chi connectivity index (χ4v) is 3.69. The number of carbonyl (C=O) groups is 1. The molecule has 0 aliphatic heterocycles. The molecule has 0 saturated carbocycles. The van der Waals surface area contributed by atoms with E-state index in [0.29, 0.717) is 13.0 Å². The fourth-order valence-electron chi connectivity index (χ4n) is 2.50. The summed E-state index contributed by atoms with van der Waals surface area (Å²) in [5, 5.41) is 10.1. The molecule has 5 nitrogen and oxygen atoms in total. The van der Waals surface area contributed by atoms with Crippen LogP contribution < -0.4 is 4.90 Å². The first kappa shape index (κ1) is 13.2. The number of carboxylic acid groups (broad SMARTS) is 1. The molecule has 2 aromatic heterocycles. The quantitative estimate of drug-likeness (QED) is 0.918. The van der Waals surface area contributed by atoms with E-state index in [1.54, 1.807) is 17.6 Å². The average molecular weight is 292 g/mol.